The van der Waals surface area contributed by atoms with Crippen LogP contribution in [0.15, 0.2) is 35.3 Å². The van der Waals surface area contributed by atoms with Crippen molar-refractivity contribution in [1.29, 1.82) is 0 Å². The first-order chi connectivity index (χ1) is 11.4. The van der Waals surface area contributed by atoms with E-state index in [1.54, 1.807) is 0 Å². The number of nitrogens with zero attached hydrogens (tertiary/aromatic N) is 2. The van der Waals surface area contributed by atoms with Gasteiger partial charge in [-0.05, 0) is 31.4 Å². The lowest BCUT2D eigenvalue weighted by Crippen LogP contribution is -2.38. The van der Waals surface area contributed by atoms with Gasteiger partial charge in [0.15, 0.2) is 0 Å². The summed E-state index contributed by atoms with van der Waals surface area (Å²) in [6.07, 6.45) is 2.50. The monoisotopic (exact) mass is 330 g/mol. The fourth-order valence-electron chi connectivity index (χ4n) is 3.09. The van der Waals surface area contributed by atoms with Crippen LogP contribution in [0.3, 0.4) is 0 Å². The van der Waals surface area contributed by atoms with Gasteiger partial charge in [-0.2, -0.15) is 4.99 Å². The molecule has 0 radical (unpaired) electrons. The maximum absolute atomic E-state index is 12.3. The molecule has 1 saturated heterocycles. The number of rotatable bonds is 4. The van der Waals surface area contributed by atoms with Crippen molar-refractivity contribution in [3.05, 3.63) is 35.9 Å². The van der Waals surface area contributed by atoms with Crippen molar-refractivity contribution in [3.8, 4) is 0 Å². The van der Waals surface area contributed by atoms with Crippen molar-refractivity contribution in [3.63, 3.8) is 0 Å². The molecule has 0 bridgehead atoms. The van der Waals surface area contributed by atoms with Crippen LogP contribution in [-0.4, -0.2) is 42.4 Å². The smallest absolute Gasteiger partial charge is 0.434 e. The highest BCUT2D eigenvalue weighted by Gasteiger charge is 2.25. The second-order valence-electron chi connectivity index (χ2n) is 7.50. The molecule has 2 rings (SSSR count). The zero-order valence-electron chi connectivity index (χ0n) is 15.4. The van der Waals surface area contributed by atoms with Crippen LogP contribution in [-0.2, 0) is 4.74 Å². The first-order valence-electron chi connectivity index (χ1n) is 8.97. The van der Waals surface area contributed by atoms with Gasteiger partial charge >= 0.3 is 6.09 Å². The lowest BCUT2D eigenvalue weighted by atomic mass is 9.85. The van der Waals surface area contributed by atoms with E-state index in [2.05, 4.69) is 37.6 Å². The predicted molar refractivity (Wildman–Crippen MR) is 98.7 cm³/mol. The number of carbonyl (C=O) groups excluding carboxylic acids is 1. The molecule has 1 aromatic rings. The second-order valence-corrected chi connectivity index (χ2v) is 7.50. The van der Waals surface area contributed by atoms with Gasteiger partial charge in [0.2, 0.25) is 0 Å². The predicted octanol–water partition coefficient (Wildman–Crippen LogP) is 4.53. The third-order valence-corrected chi connectivity index (χ3v) is 4.30. The number of hydrogen-bond acceptors (Lipinski definition) is 3. The van der Waals surface area contributed by atoms with Crippen LogP contribution in [0, 0.1) is 5.41 Å². The van der Waals surface area contributed by atoms with Gasteiger partial charge < -0.3 is 9.64 Å². The maximum atomic E-state index is 12.3. The third-order valence-electron chi connectivity index (χ3n) is 4.30. The summed E-state index contributed by atoms with van der Waals surface area (Å²) < 4.78 is 5.61. The average molecular weight is 330 g/mol. The molecule has 1 heterocycles. The fourth-order valence-corrected chi connectivity index (χ4v) is 3.09. The van der Waals surface area contributed by atoms with Crippen molar-refractivity contribution < 1.29 is 9.53 Å². The van der Waals surface area contributed by atoms with Crippen molar-refractivity contribution in [1.82, 2.24) is 4.90 Å². The topological polar surface area (TPSA) is 41.9 Å². The molecule has 0 N–H and O–H groups in total. The summed E-state index contributed by atoms with van der Waals surface area (Å²) in [4.78, 5) is 19.1. The maximum Gasteiger partial charge on any atom is 0.434 e. The Balaban J connectivity index is 2.01. The van der Waals surface area contributed by atoms with E-state index in [1.165, 1.54) is 6.42 Å². The van der Waals surface area contributed by atoms with Crippen LogP contribution < -0.4 is 0 Å². The molecule has 4 nitrogen and oxygen atoms in total. The van der Waals surface area contributed by atoms with Crippen LogP contribution in [0.1, 0.15) is 52.5 Å². The first-order valence-corrected chi connectivity index (χ1v) is 8.97. The standard InChI is InChI=1S/C20H30N2O2/c1-5-13-22-14-11-17(12-15-22)24-19(23)21-18(20(2,3)4)16-9-7-6-8-10-16/h6-10,17H,5,11-15H2,1-4H3. The van der Waals surface area contributed by atoms with Gasteiger partial charge in [0.1, 0.15) is 6.10 Å². The zero-order chi connectivity index (χ0) is 17.6. The molecule has 0 atom stereocenters. The largest absolute Gasteiger partial charge is 0.445 e. The van der Waals surface area contributed by atoms with Gasteiger partial charge in [0.25, 0.3) is 0 Å². The van der Waals surface area contributed by atoms with Gasteiger partial charge in [0.05, 0.1) is 5.71 Å². The first kappa shape index (κ1) is 18.7. The second kappa shape index (κ2) is 8.43. The Morgan fingerprint density at radius 2 is 1.83 bits per heavy atom. The molecule has 4 heteroatoms. The number of carbonyl (C=O) groups is 1. The van der Waals surface area contributed by atoms with Gasteiger partial charge in [-0.3, -0.25) is 0 Å². The number of aliphatic imine (C=N–C) groups is 1. The summed E-state index contributed by atoms with van der Waals surface area (Å²) in [6.45, 7) is 11.5. The molecule has 1 fully saturated rings. The Morgan fingerprint density at radius 3 is 2.38 bits per heavy atom. The Bertz CT molecular complexity index is 553. The molecule has 0 aromatic heterocycles. The van der Waals surface area contributed by atoms with E-state index in [-0.39, 0.29) is 11.5 Å². The molecule has 0 saturated carbocycles. The third kappa shape index (κ3) is 5.45. The van der Waals surface area contributed by atoms with E-state index in [1.807, 2.05) is 30.3 Å². The van der Waals surface area contributed by atoms with Crippen LogP contribution in [0.5, 0.6) is 0 Å². The SMILES string of the molecule is CCCN1CCC(OC(=O)N=C(c2ccccc2)C(C)(C)C)CC1. The normalized spacial score (nSPS) is 17.8. The van der Waals surface area contributed by atoms with Crippen molar-refractivity contribution in [2.75, 3.05) is 19.6 Å². The molecule has 0 aliphatic carbocycles. The van der Waals surface area contributed by atoms with Crippen LogP contribution in [0.25, 0.3) is 0 Å². The van der Waals surface area contributed by atoms with Crippen molar-refractivity contribution in [2.24, 2.45) is 10.4 Å². The molecular formula is C20H30N2O2. The molecular weight excluding hydrogens is 300 g/mol. The van der Waals surface area contributed by atoms with Gasteiger partial charge in [-0.25, -0.2) is 4.79 Å². The summed E-state index contributed by atoms with van der Waals surface area (Å²) >= 11 is 0. The van der Waals surface area contributed by atoms with E-state index in [4.69, 9.17) is 4.74 Å². The molecule has 0 unspecified atom stereocenters. The highest BCUT2D eigenvalue weighted by molar-refractivity contribution is 6.08. The van der Waals surface area contributed by atoms with Crippen molar-refractivity contribution >= 4 is 11.8 Å². The van der Waals surface area contributed by atoms with Gasteiger partial charge in [-0.15, -0.1) is 0 Å². The number of hydrogen-bond donors (Lipinski definition) is 0. The molecule has 1 aromatic carbocycles. The van der Waals surface area contributed by atoms with E-state index >= 15 is 0 Å². The highest BCUT2D eigenvalue weighted by Crippen LogP contribution is 2.23. The Hall–Kier alpha value is -1.68. The highest BCUT2D eigenvalue weighted by atomic mass is 16.6. The average Bonchev–Trinajstić information content (AvgIpc) is 2.54. The lowest BCUT2D eigenvalue weighted by Gasteiger charge is -2.31. The number of benzene rings is 1. The number of likely N-dealkylation sites (tertiary alicyclic amines) is 1. The molecule has 1 aliphatic heterocycles. The summed E-state index contributed by atoms with van der Waals surface area (Å²) in [5, 5.41) is 0. The Morgan fingerprint density at radius 1 is 1.21 bits per heavy atom. The summed E-state index contributed by atoms with van der Waals surface area (Å²) in [5.41, 5.74) is 1.53. The number of ether oxygens (including phenoxy) is 1. The van der Waals surface area contributed by atoms with Gasteiger partial charge in [0, 0.05) is 18.5 Å². The van der Waals surface area contributed by atoms with Crippen LogP contribution in [0.2, 0.25) is 0 Å². The summed E-state index contributed by atoms with van der Waals surface area (Å²) in [5.74, 6) is 0. The lowest BCUT2D eigenvalue weighted by molar-refractivity contribution is 0.0566. The Labute approximate surface area is 145 Å². The van der Waals surface area contributed by atoms with E-state index in [9.17, 15) is 4.79 Å². The van der Waals surface area contributed by atoms with E-state index in [0.717, 1.165) is 43.8 Å². The fraction of sp³-hybridized carbons (Fsp3) is 0.600. The van der Waals surface area contributed by atoms with E-state index in [0.29, 0.717) is 0 Å². The minimum absolute atomic E-state index is 0.00801. The minimum Gasteiger partial charge on any atom is -0.445 e. The van der Waals surface area contributed by atoms with Crippen molar-refractivity contribution in [2.45, 2.75) is 53.1 Å². The molecule has 132 valence electrons. The quantitative estimate of drug-likeness (QED) is 0.762. The molecule has 1 amide bonds. The van der Waals surface area contributed by atoms with E-state index < -0.39 is 6.09 Å². The number of amides is 1. The Kier molecular flexibility index (Phi) is 6.55. The summed E-state index contributed by atoms with van der Waals surface area (Å²) in [6, 6.07) is 9.87. The van der Waals surface area contributed by atoms with Gasteiger partial charge in [-0.1, -0.05) is 58.0 Å². The number of piperidine rings is 1. The zero-order valence-corrected chi connectivity index (χ0v) is 15.4. The molecule has 24 heavy (non-hydrogen) atoms. The molecule has 0 spiro atoms. The van der Waals surface area contributed by atoms with Crippen LogP contribution in [0.4, 0.5) is 4.79 Å². The minimum atomic E-state index is -0.460. The molecule has 1 aliphatic rings. The summed E-state index contributed by atoms with van der Waals surface area (Å²) in [7, 11) is 0. The van der Waals surface area contributed by atoms with Crippen LogP contribution >= 0.6 is 0 Å².